The van der Waals surface area contributed by atoms with Crippen LogP contribution in [0.15, 0.2) is 77.3 Å². The molecule has 35 heavy (non-hydrogen) atoms. The third-order valence-corrected chi connectivity index (χ3v) is 6.01. The molecule has 8 nitrogen and oxygen atoms in total. The molecule has 0 saturated carbocycles. The number of ether oxygens (including phenoxy) is 1. The second-order valence-corrected chi connectivity index (χ2v) is 9.11. The van der Waals surface area contributed by atoms with Crippen LogP contribution in [0.3, 0.4) is 0 Å². The summed E-state index contributed by atoms with van der Waals surface area (Å²) in [6.07, 6.45) is 0.128. The van der Waals surface area contributed by atoms with Crippen molar-refractivity contribution in [3.8, 4) is 5.75 Å². The van der Waals surface area contributed by atoms with Crippen molar-refractivity contribution in [1.82, 2.24) is 5.43 Å². The van der Waals surface area contributed by atoms with Crippen LogP contribution in [0.4, 0.5) is 17.1 Å². The van der Waals surface area contributed by atoms with E-state index in [9.17, 15) is 14.4 Å². The van der Waals surface area contributed by atoms with E-state index >= 15 is 0 Å². The SMILES string of the molecule is Cc1ccc(N2C[C@@H](C(=O)NNc3cc(Br)ccc3OCC(=O)Nc3ccccc3)CC2=O)cc1. The number of nitrogens with one attached hydrogen (secondary N) is 3. The maximum Gasteiger partial charge on any atom is 0.262 e. The molecule has 4 rings (SSSR count). The highest BCUT2D eigenvalue weighted by Crippen LogP contribution is 2.29. The molecule has 0 bridgehead atoms. The smallest absolute Gasteiger partial charge is 0.262 e. The quantitative estimate of drug-likeness (QED) is 0.373. The van der Waals surface area contributed by atoms with E-state index in [0.717, 1.165) is 15.7 Å². The molecule has 1 heterocycles. The van der Waals surface area contributed by atoms with Gasteiger partial charge in [-0.1, -0.05) is 51.8 Å². The minimum absolute atomic E-state index is 0.0927. The molecule has 0 aromatic heterocycles. The van der Waals surface area contributed by atoms with E-state index in [-0.39, 0.29) is 30.7 Å². The normalized spacial score (nSPS) is 15.0. The van der Waals surface area contributed by atoms with Gasteiger partial charge in [0.15, 0.2) is 6.61 Å². The first-order valence-electron chi connectivity index (χ1n) is 11.1. The van der Waals surface area contributed by atoms with Crippen molar-refractivity contribution in [2.75, 3.05) is 28.8 Å². The Kier molecular flexibility index (Phi) is 7.67. The van der Waals surface area contributed by atoms with Gasteiger partial charge in [-0.25, -0.2) is 0 Å². The van der Waals surface area contributed by atoms with Crippen LogP contribution >= 0.6 is 15.9 Å². The summed E-state index contributed by atoms with van der Waals surface area (Å²) < 4.78 is 6.44. The van der Waals surface area contributed by atoms with E-state index in [1.165, 1.54) is 0 Å². The van der Waals surface area contributed by atoms with Gasteiger partial charge in [0.25, 0.3) is 5.91 Å². The first kappa shape index (κ1) is 24.3. The molecule has 9 heteroatoms. The van der Waals surface area contributed by atoms with Gasteiger partial charge in [-0.3, -0.25) is 25.2 Å². The van der Waals surface area contributed by atoms with Gasteiger partial charge in [0.1, 0.15) is 5.75 Å². The molecule has 0 aliphatic carbocycles. The number of para-hydroxylation sites is 1. The predicted molar refractivity (Wildman–Crippen MR) is 138 cm³/mol. The van der Waals surface area contributed by atoms with Crippen LogP contribution in [0.25, 0.3) is 0 Å². The lowest BCUT2D eigenvalue weighted by Crippen LogP contribution is -2.36. The summed E-state index contributed by atoms with van der Waals surface area (Å²) in [7, 11) is 0. The van der Waals surface area contributed by atoms with Gasteiger partial charge in [-0.15, -0.1) is 0 Å². The summed E-state index contributed by atoms with van der Waals surface area (Å²) in [5.74, 6) is -0.814. The van der Waals surface area contributed by atoms with Crippen LogP contribution in [0.1, 0.15) is 12.0 Å². The molecule has 3 N–H and O–H groups in total. The van der Waals surface area contributed by atoms with Crippen LogP contribution in [0, 0.1) is 12.8 Å². The Balaban J connectivity index is 1.34. The summed E-state index contributed by atoms with van der Waals surface area (Å²) in [4.78, 5) is 39.1. The molecule has 3 amide bonds. The number of hydrazine groups is 1. The highest BCUT2D eigenvalue weighted by Gasteiger charge is 2.35. The molecular weight excluding hydrogens is 512 g/mol. The first-order chi connectivity index (χ1) is 16.9. The largest absolute Gasteiger partial charge is 0.482 e. The van der Waals surface area contributed by atoms with Crippen molar-refractivity contribution < 1.29 is 19.1 Å². The number of carbonyl (C=O) groups is 3. The van der Waals surface area contributed by atoms with Gasteiger partial charge in [0.2, 0.25) is 11.8 Å². The third-order valence-electron chi connectivity index (χ3n) is 5.52. The Bertz CT molecular complexity index is 1220. The van der Waals surface area contributed by atoms with Crippen molar-refractivity contribution in [2.45, 2.75) is 13.3 Å². The number of anilines is 3. The molecule has 0 radical (unpaired) electrons. The average Bonchev–Trinajstić information content (AvgIpc) is 3.24. The van der Waals surface area contributed by atoms with Gasteiger partial charge < -0.3 is 15.0 Å². The van der Waals surface area contributed by atoms with E-state index in [0.29, 0.717) is 23.7 Å². The van der Waals surface area contributed by atoms with E-state index in [4.69, 9.17) is 4.74 Å². The average molecular weight is 537 g/mol. The summed E-state index contributed by atoms with van der Waals surface area (Å²) in [6, 6.07) is 21.9. The third kappa shape index (κ3) is 6.39. The topological polar surface area (TPSA) is 99.8 Å². The van der Waals surface area contributed by atoms with Crippen LogP contribution < -0.4 is 25.8 Å². The summed E-state index contributed by atoms with van der Waals surface area (Å²) in [6.45, 7) is 2.08. The summed E-state index contributed by atoms with van der Waals surface area (Å²) in [5.41, 5.74) is 8.56. The molecule has 0 unspecified atom stereocenters. The monoisotopic (exact) mass is 536 g/mol. The van der Waals surface area contributed by atoms with Crippen molar-refractivity contribution in [3.05, 3.63) is 82.8 Å². The van der Waals surface area contributed by atoms with Gasteiger partial charge in [0, 0.05) is 28.8 Å². The highest BCUT2D eigenvalue weighted by molar-refractivity contribution is 9.10. The zero-order chi connectivity index (χ0) is 24.8. The second-order valence-electron chi connectivity index (χ2n) is 8.20. The standard InChI is InChI=1S/C26H25BrN4O4/c1-17-7-10-21(11-8-17)31-15-18(13-25(31)33)26(34)30-29-22-14-19(27)9-12-23(22)35-16-24(32)28-20-5-3-2-4-6-20/h2-12,14,18,29H,13,15-16H2,1H3,(H,28,32)(H,30,34)/t18-/m0/s1. The van der Waals surface area contributed by atoms with Crippen LogP contribution in [0.5, 0.6) is 5.75 Å². The first-order valence-corrected chi connectivity index (χ1v) is 11.9. The van der Waals surface area contributed by atoms with Crippen molar-refractivity contribution in [2.24, 2.45) is 5.92 Å². The fourth-order valence-electron chi connectivity index (χ4n) is 3.68. The van der Waals surface area contributed by atoms with Crippen LogP contribution in [-0.4, -0.2) is 30.9 Å². The number of halogens is 1. The van der Waals surface area contributed by atoms with Gasteiger partial charge in [0.05, 0.1) is 11.6 Å². The van der Waals surface area contributed by atoms with Gasteiger partial charge in [-0.05, 0) is 49.4 Å². The minimum atomic E-state index is -0.496. The Morgan fingerprint density at radius 3 is 2.54 bits per heavy atom. The van der Waals surface area contributed by atoms with E-state index in [1.54, 1.807) is 35.2 Å². The molecule has 1 aliphatic rings. The maximum atomic E-state index is 12.8. The molecule has 1 saturated heterocycles. The van der Waals surface area contributed by atoms with Gasteiger partial charge >= 0.3 is 0 Å². The lowest BCUT2D eigenvalue weighted by molar-refractivity contribution is -0.125. The van der Waals surface area contributed by atoms with Gasteiger partial charge in [-0.2, -0.15) is 0 Å². The fraction of sp³-hybridized carbons (Fsp3) is 0.192. The highest BCUT2D eigenvalue weighted by atomic mass is 79.9. The molecule has 3 aromatic rings. The number of benzene rings is 3. The Hall–Kier alpha value is -3.85. The number of rotatable bonds is 8. The number of hydrogen-bond acceptors (Lipinski definition) is 5. The van der Waals surface area contributed by atoms with E-state index in [1.807, 2.05) is 49.4 Å². The van der Waals surface area contributed by atoms with Crippen molar-refractivity contribution in [3.63, 3.8) is 0 Å². The molecule has 3 aromatic carbocycles. The molecule has 0 spiro atoms. The Morgan fingerprint density at radius 1 is 1.06 bits per heavy atom. The molecule has 1 atom stereocenters. The number of carbonyl (C=O) groups excluding carboxylic acids is 3. The van der Waals surface area contributed by atoms with E-state index < -0.39 is 5.92 Å². The maximum absolute atomic E-state index is 12.8. The number of nitrogens with zero attached hydrogens (tertiary/aromatic N) is 1. The molecule has 1 aliphatic heterocycles. The van der Waals surface area contributed by atoms with Crippen LogP contribution in [-0.2, 0) is 14.4 Å². The molecule has 1 fully saturated rings. The zero-order valence-corrected chi connectivity index (χ0v) is 20.7. The molecule has 180 valence electrons. The van der Waals surface area contributed by atoms with Crippen molar-refractivity contribution in [1.29, 1.82) is 0 Å². The predicted octanol–water partition coefficient (Wildman–Crippen LogP) is 4.27. The summed E-state index contributed by atoms with van der Waals surface area (Å²) in [5, 5.41) is 2.76. The summed E-state index contributed by atoms with van der Waals surface area (Å²) >= 11 is 3.40. The fourth-order valence-corrected chi connectivity index (χ4v) is 4.04. The van der Waals surface area contributed by atoms with E-state index in [2.05, 4.69) is 32.1 Å². The number of hydrogen-bond donors (Lipinski definition) is 3. The van der Waals surface area contributed by atoms with Crippen molar-refractivity contribution >= 4 is 50.7 Å². The number of aryl methyl sites for hydroxylation is 1. The number of amides is 3. The van der Waals surface area contributed by atoms with Crippen LogP contribution in [0.2, 0.25) is 0 Å². The lowest BCUT2D eigenvalue weighted by atomic mass is 10.1. The minimum Gasteiger partial charge on any atom is -0.482 e. The zero-order valence-electron chi connectivity index (χ0n) is 19.1. The second kappa shape index (κ2) is 11.1. The molecular formula is C26H25BrN4O4. The lowest BCUT2D eigenvalue weighted by Gasteiger charge is -2.18. The Labute approximate surface area is 211 Å². The Morgan fingerprint density at radius 2 is 1.80 bits per heavy atom.